The maximum Gasteiger partial charge on any atom is 0.216 e. The summed E-state index contributed by atoms with van der Waals surface area (Å²) < 4.78 is 2.02. The van der Waals surface area contributed by atoms with Gasteiger partial charge in [-0.05, 0) is 56.0 Å². The summed E-state index contributed by atoms with van der Waals surface area (Å²) in [6.07, 6.45) is 4.43. The van der Waals surface area contributed by atoms with Gasteiger partial charge in [-0.3, -0.25) is 14.2 Å². The normalized spacial score (nSPS) is 11.9. The number of rotatable bonds is 8. The predicted molar refractivity (Wildman–Crippen MR) is 122 cm³/mol. The van der Waals surface area contributed by atoms with Crippen molar-refractivity contribution < 1.29 is 9.59 Å². The number of Topliss-reactive ketones (excluding diaryl/α,β-unsaturated/α-hetero) is 1. The summed E-state index contributed by atoms with van der Waals surface area (Å²) in [4.78, 5) is 28.3. The number of carbonyl (C=O) groups excluding carboxylic acids is 2. The van der Waals surface area contributed by atoms with Crippen molar-refractivity contribution in [2.24, 2.45) is 0 Å². The minimum atomic E-state index is -0.261. The molecule has 0 aliphatic rings. The molecule has 0 spiro atoms. The molecule has 5 nitrogen and oxygen atoms in total. The molecule has 3 rings (SSSR count). The molecule has 6 heteroatoms. The van der Waals surface area contributed by atoms with E-state index in [1.54, 1.807) is 6.20 Å². The lowest BCUT2D eigenvalue weighted by atomic mass is 10.0. The quantitative estimate of drug-likeness (QED) is 0.429. The minimum Gasteiger partial charge on any atom is -0.356 e. The first kappa shape index (κ1) is 21.8. The van der Waals surface area contributed by atoms with E-state index >= 15 is 0 Å². The minimum absolute atomic E-state index is 0.0354. The predicted octanol–water partition coefficient (Wildman–Crippen LogP) is 4.53. The Balaban J connectivity index is 1.67. The molecule has 156 valence electrons. The fourth-order valence-electron chi connectivity index (χ4n) is 3.11. The second kappa shape index (κ2) is 9.76. The van der Waals surface area contributed by atoms with E-state index in [4.69, 9.17) is 0 Å². The Morgan fingerprint density at radius 3 is 2.50 bits per heavy atom. The SMILES string of the molecule is CC(=O)NCCc1ccc(C(=O)C(C)Sc2nccn2-c2ccc(C)c(C)c2)cc1. The van der Waals surface area contributed by atoms with E-state index < -0.39 is 0 Å². The lowest BCUT2D eigenvalue weighted by Crippen LogP contribution is -2.22. The number of thioether (sulfide) groups is 1. The Kier molecular flexibility index (Phi) is 7.11. The van der Waals surface area contributed by atoms with Gasteiger partial charge in [-0.1, -0.05) is 42.1 Å². The van der Waals surface area contributed by atoms with Gasteiger partial charge in [-0.25, -0.2) is 4.98 Å². The number of amides is 1. The van der Waals surface area contributed by atoms with Gasteiger partial charge in [0.15, 0.2) is 10.9 Å². The lowest BCUT2D eigenvalue weighted by Gasteiger charge is -2.13. The summed E-state index contributed by atoms with van der Waals surface area (Å²) in [5.41, 5.74) is 5.28. The molecule has 1 heterocycles. The topological polar surface area (TPSA) is 64.0 Å². The fraction of sp³-hybridized carbons (Fsp3) is 0.292. The second-order valence-corrected chi connectivity index (χ2v) is 8.71. The van der Waals surface area contributed by atoms with Crippen LogP contribution in [0.1, 0.15) is 40.9 Å². The van der Waals surface area contributed by atoms with Crippen molar-refractivity contribution in [3.63, 3.8) is 0 Å². The summed E-state index contributed by atoms with van der Waals surface area (Å²) in [6, 6.07) is 13.9. The molecule has 1 N–H and O–H groups in total. The van der Waals surface area contributed by atoms with Gasteiger partial charge in [0.1, 0.15) is 0 Å². The molecular formula is C24H27N3O2S. The van der Waals surface area contributed by atoms with Crippen LogP contribution in [0.4, 0.5) is 0 Å². The molecule has 2 aromatic carbocycles. The maximum atomic E-state index is 12.9. The van der Waals surface area contributed by atoms with E-state index in [0.29, 0.717) is 12.1 Å². The van der Waals surface area contributed by atoms with E-state index in [1.807, 2.05) is 42.0 Å². The van der Waals surface area contributed by atoms with E-state index in [9.17, 15) is 9.59 Å². The van der Waals surface area contributed by atoms with Crippen molar-refractivity contribution in [1.29, 1.82) is 0 Å². The van der Waals surface area contributed by atoms with Crippen LogP contribution in [0.2, 0.25) is 0 Å². The van der Waals surface area contributed by atoms with Crippen LogP contribution in [0.3, 0.4) is 0 Å². The number of ketones is 1. The zero-order valence-electron chi connectivity index (χ0n) is 17.8. The number of aromatic nitrogens is 2. The van der Waals surface area contributed by atoms with Crippen LogP contribution in [0.5, 0.6) is 0 Å². The zero-order valence-corrected chi connectivity index (χ0v) is 18.6. The van der Waals surface area contributed by atoms with E-state index in [1.165, 1.54) is 29.8 Å². The van der Waals surface area contributed by atoms with Crippen molar-refractivity contribution in [2.75, 3.05) is 6.54 Å². The number of hydrogen-bond donors (Lipinski definition) is 1. The van der Waals surface area contributed by atoms with Gasteiger partial charge in [0.05, 0.1) is 5.25 Å². The summed E-state index contributed by atoms with van der Waals surface area (Å²) in [7, 11) is 0. The Labute approximate surface area is 181 Å². The Morgan fingerprint density at radius 2 is 1.83 bits per heavy atom. The van der Waals surface area contributed by atoms with Crippen molar-refractivity contribution in [3.05, 3.63) is 77.1 Å². The number of hydrogen-bond acceptors (Lipinski definition) is 4. The van der Waals surface area contributed by atoms with E-state index in [-0.39, 0.29) is 16.9 Å². The molecule has 0 saturated carbocycles. The van der Waals surface area contributed by atoms with Gasteiger partial charge in [-0.15, -0.1) is 0 Å². The molecular weight excluding hydrogens is 394 g/mol. The molecule has 3 aromatic rings. The van der Waals surface area contributed by atoms with Crippen LogP contribution in [-0.4, -0.2) is 33.0 Å². The largest absolute Gasteiger partial charge is 0.356 e. The average molecular weight is 422 g/mol. The van der Waals surface area contributed by atoms with E-state index in [2.05, 4.69) is 42.3 Å². The van der Waals surface area contributed by atoms with Gasteiger partial charge < -0.3 is 5.32 Å². The Bertz CT molecular complexity index is 1040. The molecule has 1 unspecified atom stereocenters. The van der Waals surface area contributed by atoms with Crippen LogP contribution < -0.4 is 5.32 Å². The van der Waals surface area contributed by atoms with Crippen molar-refractivity contribution in [1.82, 2.24) is 14.9 Å². The van der Waals surface area contributed by atoms with Crippen LogP contribution in [0.15, 0.2) is 60.0 Å². The standard InChI is InChI=1S/C24H27N3O2S/c1-16-5-10-22(15-17(16)2)27-14-13-26-24(27)30-18(3)23(29)21-8-6-20(7-9-21)11-12-25-19(4)28/h5-10,13-15,18H,11-12H2,1-4H3,(H,25,28). The third kappa shape index (κ3) is 5.39. The summed E-state index contributed by atoms with van der Waals surface area (Å²) in [5.74, 6) is 0.0369. The van der Waals surface area contributed by atoms with Crippen LogP contribution in [0.25, 0.3) is 5.69 Å². The maximum absolute atomic E-state index is 12.9. The van der Waals surface area contributed by atoms with E-state index in [0.717, 1.165) is 22.8 Å². The highest BCUT2D eigenvalue weighted by molar-refractivity contribution is 8.00. The van der Waals surface area contributed by atoms with Crippen molar-refractivity contribution in [2.45, 2.75) is 44.5 Å². The Morgan fingerprint density at radius 1 is 1.10 bits per heavy atom. The Hall–Kier alpha value is -2.86. The summed E-state index contributed by atoms with van der Waals surface area (Å²) >= 11 is 1.46. The van der Waals surface area contributed by atoms with Gasteiger partial charge in [-0.2, -0.15) is 0 Å². The smallest absolute Gasteiger partial charge is 0.216 e. The number of carbonyl (C=O) groups is 2. The number of benzene rings is 2. The van der Waals surface area contributed by atoms with Crippen LogP contribution in [0, 0.1) is 13.8 Å². The first-order valence-electron chi connectivity index (χ1n) is 10.0. The zero-order chi connectivity index (χ0) is 21.7. The van der Waals surface area contributed by atoms with Crippen LogP contribution in [-0.2, 0) is 11.2 Å². The molecule has 0 fully saturated rings. The molecule has 0 aliphatic heterocycles. The third-order valence-corrected chi connectivity index (χ3v) is 6.13. The molecule has 1 aromatic heterocycles. The first-order chi connectivity index (χ1) is 14.3. The van der Waals surface area contributed by atoms with Gasteiger partial charge in [0.25, 0.3) is 0 Å². The molecule has 0 saturated heterocycles. The highest BCUT2D eigenvalue weighted by atomic mass is 32.2. The highest BCUT2D eigenvalue weighted by Crippen LogP contribution is 2.27. The third-order valence-electron chi connectivity index (χ3n) is 5.05. The van der Waals surface area contributed by atoms with Crippen molar-refractivity contribution >= 4 is 23.5 Å². The molecule has 0 bridgehead atoms. The second-order valence-electron chi connectivity index (χ2n) is 7.40. The molecule has 0 aliphatic carbocycles. The number of nitrogens with zero attached hydrogens (tertiary/aromatic N) is 2. The fourth-order valence-corrected chi connectivity index (χ4v) is 4.07. The lowest BCUT2D eigenvalue weighted by molar-refractivity contribution is -0.118. The number of imidazole rings is 1. The van der Waals surface area contributed by atoms with Crippen molar-refractivity contribution in [3.8, 4) is 5.69 Å². The summed E-state index contributed by atoms with van der Waals surface area (Å²) in [5, 5.41) is 3.32. The molecule has 30 heavy (non-hydrogen) atoms. The first-order valence-corrected chi connectivity index (χ1v) is 10.9. The van der Waals surface area contributed by atoms with Gasteiger partial charge >= 0.3 is 0 Å². The van der Waals surface area contributed by atoms with Gasteiger partial charge in [0.2, 0.25) is 5.91 Å². The monoisotopic (exact) mass is 421 g/mol. The number of aryl methyl sites for hydroxylation is 2. The summed E-state index contributed by atoms with van der Waals surface area (Å²) in [6.45, 7) is 8.20. The molecule has 0 radical (unpaired) electrons. The number of nitrogens with one attached hydrogen (secondary N) is 1. The molecule has 1 amide bonds. The highest BCUT2D eigenvalue weighted by Gasteiger charge is 2.19. The average Bonchev–Trinajstić information content (AvgIpc) is 3.18. The van der Waals surface area contributed by atoms with Crippen LogP contribution >= 0.6 is 11.8 Å². The van der Waals surface area contributed by atoms with Gasteiger partial charge in [0, 0.05) is 37.1 Å². The molecule has 1 atom stereocenters.